The van der Waals surface area contributed by atoms with Crippen LogP contribution in [-0.4, -0.2) is 47.7 Å². The van der Waals surface area contributed by atoms with E-state index in [1.54, 1.807) is 20.8 Å². The second-order valence-electron chi connectivity index (χ2n) is 4.79. The van der Waals surface area contributed by atoms with Gasteiger partial charge in [-0.1, -0.05) is 6.92 Å². The van der Waals surface area contributed by atoms with Gasteiger partial charge >= 0.3 is 5.97 Å². The van der Waals surface area contributed by atoms with Gasteiger partial charge in [-0.2, -0.15) is 0 Å². The minimum Gasteiger partial charge on any atom is -0.464 e. The largest absolute Gasteiger partial charge is 0.464 e. The first-order valence-corrected chi connectivity index (χ1v) is 5.37. The molecule has 0 unspecified atom stereocenters. The molecule has 96 valence electrons. The maximum absolute atomic E-state index is 11.5. The van der Waals surface area contributed by atoms with Gasteiger partial charge in [0.05, 0.1) is 30.7 Å². The van der Waals surface area contributed by atoms with Crippen molar-refractivity contribution in [3.63, 3.8) is 0 Å². The summed E-state index contributed by atoms with van der Waals surface area (Å²) in [5.41, 5.74) is -1.74. The van der Waals surface area contributed by atoms with Gasteiger partial charge in [0, 0.05) is 0 Å². The smallest absolute Gasteiger partial charge is 0.313 e. The number of carbonyl (C=O) groups is 1. The van der Waals surface area contributed by atoms with E-state index in [1.165, 1.54) is 0 Å². The molecule has 0 aromatic heterocycles. The van der Waals surface area contributed by atoms with Gasteiger partial charge in [0.1, 0.15) is 6.61 Å². The third-order valence-corrected chi connectivity index (χ3v) is 2.88. The lowest BCUT2D eigenvalue weighted by molar-refractivity contribution is -0.162. The Bertz CT molecular complexity index is 212. The number of carbonyl (C=O) groups excluding carboxylic acids is 1. The van der Waals surface area contributed by atoms with Gasteiger partial charge < -0.3 is 20.1 Å². The molecule has 16 heavy (non-hydrogen) atoms. The van der Waals surface area contributed by atoms with Crippen molar-refractivity contribution < 1.29 is 24.9 Å². The Hall–Kier alpha value is -0.650. The lowest BCUT2D eigenvalue weighted by Crippen LogP contribution is -2.38. The third-order valence-electron chi connectivity index (χ3n) is 2.88. The van der Waals surface area contributed by atoms with Crippen LogP contribution in [0.25, 0.3) is 0 Å². The first-order chi connectivity index (χ1) is 7.37. The molecule has 0 saturated heterocycles. The molecule has 0 aliphatic heterocycles. The summed E-state index contributed by atoms with van der Waals surface area (Å²) in [6, 6.07) is 0. The first-order valence-electron chi connectivity index (χ1n) is 5.37. The third kappa shape index (κ3) is 3.73. The Morgan fingerprint density at radius 1 is 1.12 bits per heavy atom. The summed E-state index contributed by atoms with van der Waals surface area (Å²) in [6.07, 6.45) is 0.507. The second-order valence-corrected chi connectivity index (χ2v) is 4.79. The Morgan fingerprint density at radius 3 is 1.94 bits per heavy atom. The van der Waals surface area contributed by atoms with Crippen LogP contribution in [0.5, 0.6) is 0 Å². The molecule has 0 aromatic rings. The lowest BCUT2D eigenvalue weighted by Gasteiger charge is -2.29. The summed E-state index contributed by atoms with van der Waals surface area (Å²) in [5.74, 6) is -0.533. The van der Waals surface area contributed by atoms with Crippen LogP contribution in [-0.2, 0) is 9.53 Å². The predicted octanol–water partition coefficient (Wildman–Crippen LogP) is -0.0709. The number of ether oxygens (including phenoxy) is 1. The summed E-state index contributed by atoms with van der Waals surface area (Å²) in [5, 5.41) is 27.3. The average Bonchev–Trinajstić information content (AvgIpc) is 2.31. The number of aliphatic hydroxyl groups is 3. The molecule has 0 saturated carbocycles. The van der Waals surface area contributed by atoms with Crippen LogP contribution in [0.3, 0.4) is 0 Å². The molecule has 0 aliphatic rings. The van der Waals surface area contributed by atoms with Crippen molar-refractivity contribution >= 4 is 5.97 Å². The number of rotatable bonds is 7. The van der Waals surface area contributed by atoms with Crippen LogP contribution in [0.4, 0.5) is 0 Å². The predicted molar refractivity (Wildman–Crippen MR) is 58.7 cm³/mol. The highest BCUT2D eigenvalue weighted by Crippen LogP contribution is 2.23. The van der Waals surface area contributed by atoms with Crippen molar-refractivity contribution in [2.24, 2.45) is 10.8 Å². The van der Waals surface area contributed by atoms with Gasteiger partial charge in [-0.25, -0.2) is 0 Å². The fraction of sp³-hybridized carbons (Fsp3) is 0.909. The van der Waals surface area contributed by atoms with Crippen LogP contribution in [0, 0.1) is 10.8 Å². The zero-order valence-corrected chi connectivity index (χ0v) is 10.2. The molecule has 3 N–H and O–H groups in total. The summed E-state index contributed by atoms with van der Waals surface area (Å²) >= 11 is 0. The van der Waals surface area contributed by atoms with E-state index in [0.29, 0.717) is 6.42 Å². The van der Waals surface area contributed by atoms with Crippen molar-refractivity contribution in [2.45, 2.75) is 27.2 Å². The standard InChI is InChI=1S/C11H22O5/c1-4-11(6-13,7-14)8-16-9(15)10(2,3)5-12/h12-14H,4-8H2,1-3H3. The quantitative estimate of drug-likeness (QED) is 0.537. The fourth-order valence-corrected chi connectivity index (χ4v) is 0.946. The van der Waals surface area contributed by atoms with Gasteiger partial charge in [0.15, 0.2) is 0 Å². The number of hydrogen-bond acceptors (Lipinski definition) is 5. The minimum absolute atomic E-state index is 0.0429. The number of aliphatic hydroxyl groups excluding tert-OH is 3. The second kappa shape index (κ2) is 6.18. The van der Waals surface area contributed by atoms with Crippen LogP contribution in [0.15, 0.2) is 0 Å². The maximum Gasteiger partial charge on any atom is 0.313 e. The molecule has 0 fully saturated rings. The zero-order chi connectivity index (χ0) is 12.8. The Labute approximate surface area is 96.0 Å². The van der Waals surface area contributed by atoms with E-state index in [4.69, 9.17) is 20.1 Å². The topological polar surface area (TPSA) is 87.0 Å². The van der Waals surface area contributed by atoms with Gasteiger partial charge in [0.2, 0.25) is 0 Å². The molecule has 5 nitrogen and oxygen atoms in total. The summed E-state index contributed by atoms with van der Waals surface area (Å²) in [7, 11) is 0. The number of esters is 1. The van der Waals surface area contributed by atoms with Crippen LogP contribution < -0.4 is 0 Å². The van der Waals surface area contributed by atoms with E-state index < -0.39 is 16.8 Å². The Morgan fingerprint density at radius 2 is 1.62 bits per heavy atom. The molecule has 0 aromatic carbocycles. The highest BCUT2D eigenvalue weighted by Gasteiger charge is 2.33. The molecule has 0 bridgehead atoms. The van der Waals surface area contributed by atoms with Crippen molar-refractivity contribution in [3.05, 3.63) is 0 Å². The number of hydrogen-bond donors (Lipinski definition) is 3. The molecule has 0 amide bonds. The van der Waals surface area contributed by atoms with E-state index in [-0.39, 0.29) is 26.4 Å². The van der Waals surface area contributed by atoms with E-state index in [2.05, 4.69) is 0 Å². The fourth-order valence-electron chi connectivity index (χ4n) is 0.946. The van der Waals surface area contributed by atoms with E-state index in [0.717, 1.165) is 0 Å². The van der Waals surface area contributed by atoms with Gasteiger partial charge in [-0.05, 0) is 20.3 Å². The molecule has 0 atom stereocenters. The summed E-state index contributed by atoms with van der Waals surface area (Å²) in [6.45, 7) is 4.11. The zero-order valence-electron chi connectivity index (χ0n) is 10.2. The van der Waals surface area contributed by atoms with Crippen molar-refractivity contribution in [2.75, 3.05) is 26.4 Å². The molecule has 0 spiro atoms. The van der Waals surface area contributed by atoms with Gasteiger partial charge in [0.25, 0.3) is 0 Å². The van der Waals surface area contributed by atoms with Crippen LogP contribution in [0.1, 0.15) is 27.2 Å². The van der Waals surface area contributed by atoms with Crippen LogP contribution >= 0.6 is 0 Å². The maximum atomic E-state index is 11.5. The minimum atomic E-state index is -0.954. The van der Waals surface area contributed by atoms with E-state index in [9.17, 15) is 4.79 Å². The molecule has 0 radical (unpaired) electrons. The molecular formula is C11H22O5. The highest BCUT2D eigenvalue weighted by atomic mass is 16.5. The van der Waals surface area contributed by atoms with Crippen LogP contribution in [0.2, 0.25) is 0 Å². The molecule has 0 rings (SSSR count). The van der Waals surface area contributed by atoms with Gasteiger partial charge in [-0.3, -0.25) is 4.79 Å². The highest BCUT2D eigenvalue weighted by molar-refractivity contribution is 5.76. The van der Waals surface area contributed by atoms with Crippen molar-refractivity contribution in [1.29, 1.82) is 0 Å². The van der Waals surface area contributed by atoms with Crippen molar-refractivity contribution in [1.82, 2.24) is 0 Å². The normalized spacial score (nSPS) is 12.6. The van der Waals surface area contributed by atoms with E-state index in [1.807, 2.05) is 0 Å². The first kappa shape index (κ1) is 15.3. The molecule has 0 heterocycles. The monoisotopic (exact) mass is 234 g/mol. The van der Waals surface area contributed by atoms with Crippen molar-refractivity contribution in [3.8, 4) is 0 Å². The SMILES string of the molecule is CCC(CO)(CO)COC(=O)C(C)(C)CO. The summed E-state index contributed by atoms with van der Waals surface area (Å²) in [4.78, 5) is 11.5. The lowest BCUT2D eigenvalue weighted by atomic mass is 9.88. The average molecular weight is 234 g/mol. The Balaban J connectivity index is 4.38. The molecule has 5 heteroatoms. The Kier molecular flexibility index (Phi) is 5.92. The van der Waals surface area contributed by atoms with Gasteiger partial charge in [-0.15, -0.1) is 0 Å². The van der Waals surface area contributed by atoms with E-state index >= 15 is 0 Å². The summed E-state index contributed by atoms with van der Waals surface area (Å²) < 4.78 is 5.02. The molecule has 0 aliphatic carbocycles. The molecular weight excluding hydrogens is 212 g/mol.